The second-order valence-electron chi connectivity index (χ2n) is 7.61. The number of rotatable bonds is 8. The van der Waals surface area contributed by atoms with Gasteiger partial charge in [0.25, 0.3) is 0 Å². The van der Waals surface area contributed by atoms with Gasteiger partial charge in [0.05, 0.1) is 6.54 Å². The van der Waals surface area contributed by atoms with Crippen LogP contribution in [0.25, 0.3) is 0 Å². The molecule has 5 heteroatoms. The topological polar surface area (TPSA) is 39.7 Å². The van der Waals surface area contributed by atoms with Crippen LogP contribution in [0.1, 0.15) is 45.1 Å². The summed E-state index contributed by atoms with van der Waals surface area (Å²) in [6.07, 6.45) is 4.82. The fourth-order valence-electron chi connectivity index (χ4n) is 3.31. The van der Waals surface area contributed by atoms with Crippen molar-refractivity contribution in [1.29, 1.82) is 0 Å². The van der Waals surface area contributed by atoms with Crippen LogP contribution in [0.4, 0.5) is 4.39 Å². The van der Waals surface area contributed by atoms with Crippen LogP contribution in [0, 0.1) is 5.82 Å². The molecular weight excluding hydrogens is 315 g/mol. The zero-order valence-corrected chi connectivity index (χ0v) is 15.7. The molecule has 1 atom stereocenters. The van der Waals surface area contributed by atoms with Crippen molar-refractivity contribution in [3.63, 3.8) is 0 Å². The number of aliphatic imine (C=N–C) groups is 1. The number of likely N-dealkylation sites (N-methyl/N-ethyl adjacent to an activating group) is 1. The van der Waals surface area contributed by atoms with Gasteiger partial charge in [-0.2, -0.15) is 0 Å². The predicted octanol–water partition coefficient (Wildman–Crippen LogP) is 2.90. The fourth-order valence-corrected chi connectivity index (χ4v) is 3.31. The average Bonchev–Trinajstić information content (AvgIpc) is 3.50. The first-order valence-corrected chi connectivity index (χ1v) is 9.54. The van der Waals surface area contributed by atoms with E-state index in [9.17, 15) is 4.39 Å². The Morgan fingerprint density at radius 2 is 2.12 bits per heavy atom. The standard InChI is InChI=1S/C20H31FN4/c1-4-22-19(23-13-15(2)25(3)18-8-9-18)24-14-20(10-11-20)16-6-5-7-17(21)12-16/h5-7,12,15,18H,4,8-11,13-14H2,1-3H3,(H2,22,23,24). The van der Waals surface area contributed by atoms with Gasteiger partial charge in [-0.3, -0.25) is 9.89 Å². The summed E-state index contributed by atoms with van der Waals surface area (Å²) in [7, 11) is 2.21. The van der Waals surface area contributed by atoms with Crippen molar-refractivity contribution in [2.45, 2.75) is 57.0 Å². The molecule has 1 aromatic carbocycles. The summed E-state index contributed by atoms with van der Waals surface area (Å²) in [5, 5.41) is 6.80. The molecule has 1 aromatic rings. The number of halogens is 1. The van der Waals surface area contributed by atoms with Crippen molar-refractivity contribution in [1.82, 2.24) is 15.5 Å². The van der Waals surface area contributed by atoms with Crippen LogP contribution < -0.4 is 10.6 Å². The Hall–Kier alpha value is -1.62. The molecule has 2 fully saturated rings. The first-order chi connectivity index (χ1) is 12.0. The first-order valence-electron chi connectivity index (χ1n) is 9.54. The maximum absolute atomic E-state index is 13.5. The minimum atomic E-state index is -0.158. The molecule has 138 valence electrons. The predicted molar refractivity (Wildman–Crippen MR) is 102 cm³/mol. The van der Waals surface area contributed by atoms with E-state index < -0.39 is 0 Å². The van der Waals surface area contributed by atoms with Gasteiger partial charge in [-0.25, -0.2) is 4.39 Å². The van der Waals surface area contributed by atoms with Crippen LogP contribution in [-0.4, -0.2) is 49.6 Å². The highest BCUT2D eigenvalue weighted by Crippen LogP contribution is 2.48. The number of nitrogens with one attached hydrogen (secondary N) is 2. The smallest absolute Gasteiger partial charge is 0.191 e. The molecule has 1 unspecified atom stereocenters. The van der Waals surface area contributed by atoms with Crippen molar-refractivity contribution >= 4 is 5.96 Å². The molecule has 0 aliphatic heterocycles. The summed E-state index contributed by atoms with van der Waals surface area (Å²) >= 11 is 0. The normalized spacial score (nSPS) is 20.4. The van der Waals surface area contributed by atoms with E-state index in [1.54, 1.807) is 12.1 Å². The van der Waals surface area contributed by atoms with Gasteiger partial charge in [-0.05, 0) is 64.3 Å². The molecule has 0 amide bonds. The SMILES string of the molecule is CCNC(=NCC1(c2cccc(F)c2)CC1)NCC(C)N(C)C1CC1. The average molecular weight is 346 g/mol. The van der Waals surface area contributed by atoms with E-state index in [1.165, 1.54) is 18.9 Å². The van der Waals surface area contributed by atoms with Gasteiger partial charge >= 0.3 is 0 Å². The van der Waals surface area contributed by atoms with Gasteiger partial charge < -0.3 is 10.6 Å². The summed E-state index contributed by atoms with van der Waals surface area (Å²) < 4.78 is 13.5. The molecule has 25 heavy (non-hydrogen) atoms. The lowest BCUT2D eigenvalue weighted by atomic mass is 9.96. The molecule has 3 rings (SSSR count). The molecule has 4 nitrogen and oxygen atoms in total. The van der Waals surface area contributed by atoms with Crippen molar-refractivity contribution in [3.8, 4) is 0 Å². The molecule has 0 bridgehead atoms. The maximum Gasteiger partial charge on any atom is 0.191 e. The van der Waals surface area contributed by atoms with E-state index in [-0.39, 0.29) is 11.2 Å². The summed E-state index contributed by atoms with van der Waals surface area (Å²) in [6.45, 7) is 6.76. The molecule has 0 saturated heterocycles. The van der Waals surface area contributed by atoms with E-state index in [1.807, 2.05) is 6.07 Å². The largest absolute Gasteiger partial charge is 0.357 e. The summed E-state index contributed by atoms with van der Waals surface area (Å²) in [6, 6.07) is 8.24. The molecular formula is C20H31FN4. The minimum absolute atomic E-state index is 0.0286. The third-order valence-corrected chi connectivity index (χ3v) is 5.56. The molecule has 0 heterocycles. The highest BCUT2D eigenvalue weighted by Gasteiger charge is 2.44. The highest BCUT2D eigenvalue weighted by atomic mass is 19.1. The Bertz CT molecular complexity index is 607. The Labute approximate surface area is 150 Å². The fraction of sp³-hybridized carbons (Fsp3) is 0.650. The second kappa shape index (κ2) is 7.73. The van der Waals surface area contributed by atoms with Crippen LogP contribution in [0.2, 0.25) is 0 Å². The summed E-state index contributed by atoms with van der Waals surface area (Å²) in [5.74, 6) is 0.705. The lowest BCUT2D eigenvalue weighted by Crippen LogP contribution is -2.45. The van der Waals surface area contributed by atoms with Gasteiger partial charge in [0.15, 0.2) is 5.96 Å². The van der Waals surface area contributed by atoms with Gasteiger partial charge in [-0.15, -0.1) is 0 Å². The lowest BCUT2D eigenvalue weighted by molar-refractivity contribution is 0.247. The second-order valence-corrected chi connectivity index (χ2v) is 7.61. The van der Waals surface area contributed by atoms with Crippen molar-refractivity contribution in [2.24, 2.45) is 4.99 Å². The third-order valence-electron chi connectivity index (χ3n) is 5.56. The molecule has 0 spiro atoms. The molecule has 2 aliphatic carbocycles. The number of hydrogen-bond donors (Lipinski definition) is 2. The van der Waals surface area contributed by atoms with Gasteiger partial charge in [0.1, 0.15) is 5.82 Å². The van der Waals surface area contributed by atoms with Crippen molar-refractivity contribution in [2.75, 3.05) is 26.7 Å². The van der Waals surface area contributed by atoms with Crippen LogP contribution >= 0.6 is 0 Å². The van der Waals surface area contributed by atoms with E-state index in [0.29, 0.717) is 12.6 Å². The first kappa shape index (κ1) is 18.2. The number of nitrogens with zero attached hydrogens (tertiary/aromatic N) is 2. The van der Waals surface area contributed by atoms with Gasteiger partial charge in [-0.1, -0.05) is 12.1 Å². The zero-order chi connectivity index (χ0) is 17.9. The maximum atomic E-state index is 13.5. The molecule has 2 aliphatic rings. The third kappa shape index (κ3) is 4.72. The Kier molecular flexibility index (Phi) is 5.62. The van der Waals surface area contributed by atoms with Crippen LogP contribution in [0.3, 0.4) is 0 Å². The van der Waals surface area contributed by atoms with Crippen molar-refractivity contribution in [3.05, 3.63) is 35.6 Å². The summed E-state index contributed by atoms with van der Waals surface area (Å²) in [4.78, 5) is 7.25. The number of hydrogen-bond acceptors (Lipinski definition) is 2. The number of guanidine groups is 1. The minimum Gasteiger partial charge on any atom is -0.357 e. The molecule has 2 N–H and O–H groups in total. The van der Waals surface area contributed by atoms with E-state index in [0.717, 1.165) is 43.5 Å². The molecule has 0 radical (unpaired) electrons. The van der Waals surface area contributed by atoms with Crippen LogP contribution in [0.15, 0.2) is 29.3 Å². The Balaban J connectivity index is 1.58. The quantitative estimate of drug-likeness (QED) is 0.562. The van der Waals surface area contributed by atoms with E-state index >= 15 is 0 Å². The molecule has 0 aromatic heterocycles. The van der Waals surface area contributed by atoms with Gasteiger partial charge in [0.2, 0.25) is 0 Å². The van der Waals surface area contributed by atoms with E-state index in [2.05, 4.69) is 36.4 Å². The van der Waals surface area contributed by atoms with Crippen LogP contribution in [-0.2, 0) is 5.41 Å². The highest BCUT2D eigenvalue weighted by molar-refractivity contribution is 5.79. The van der Waals surface area contributed by atoms with Crippen molar-refractivity contribution < 1.29 is 4.39 Å². The number of benzene rings is 1. The Morgan fingerprint density at radius 1 is 1.36 bits per heavy atom. The monoisotopic (exact) mass is 346 g/mol. The van der Waals surface area contributed by atoms with Gasteiger partial charge in [0, 0.05) is 30.6 Å². The lowest BCUT2D eigenvalue weighted by Gasteiger charge is -2.25. The van der Waals surface area contributed by atoms with Crippen LogP contribution in [0.5, 0.6) is 0 Å². The van der Waals surface area contributed by atoms with E-state index in [4.69, 9.17) is 4.99 Å². The Morgan fingerprint density at radius 3 is 2.72 bits per heavy atom. The summed E-state index contributed by atoms with van der Waals surface area (Å²) in [5.41, 5.74) is 1.11. The molecule has 2 saturated carbocycles. The zero-order valence-electron chi connectivity index (χ0n) is 15.7.